The molecule has 5 nitrogen and oxygen atoms in total. The molecule has 0 saturated carbocycles. The molecule has 0 aromatic rings. The molecule has 0 aliphatic rings. The summed E-state index contributed by atoms with van der Waals surface area (Å²) in [4.78, 5) is 2.27. The maximum atomic E-state index is 6.49. The van der Waals surface area contributed by atoms with Gasteiger partial charge in [-0.25, -0.2) is 0 Å². The molecular weight excluding hydrogens is 871 g/mol. The lowest BCUT2D eigenvalue weighted by atomic mass is 10.1. The zero-order valence-corrected chi connectivity index (χ0v) is 48.4. The average molecular weight is 995 g/mol. The second-order valence-electron chi connectivity index (χ2n) is 21.0. The smallest absolute Gasteiger partial charge is 0.104 e. The lowest BCUT2D eigenvalue weighted by Crippen LogP contribution is -2.30. The first kappa shape index (κ1) is 69.2. The highest BCUT2D eigenvalue weighted by Crippen LogP contribution is 2.14. The third kappa shape index (κ3) is 60.7. The maximum absolute atomic E-state index is 6.49. The van der Waals surface area contributed by atoms with Crippen LogP contribution in [0.4, 0.5) is 0 Å². The second-order valence-corrected chi connectivity index (χ2v) is 21.0. The van der Waals surface area contributed by atoms with Crippen LogP contribution in [0.2, 0.25) is 0 Å². The number of rotatable bonds is 59. The van der Waals surface area contributed by atoms with Gasteiger partial charge in [0.15, 0.2) is 0 Å². The highest BCUT2D eigenvalue weighted by atomic mass is 16.6. The molecule has 0 spiro atoms. The molecule has 0 aromatic carbocycles. The summed E-state index contributed by atoms with van der Waals surface area (Å²) in [6, 6.07) is 0. The van der Waals surface area contributed by atoms with E-state index >= 15 is 0 Å². The Kier molecular flexibility index (Phi) is 61.0. The fourth-order valence-electron chi connectivity index (χ4n) is 8.77. The first-order valence-electron chi connectivity index (χ1n) is 31.1. The van der Waals surface area contributed by atoms with Crippen molar-refractivity contribution >= 4 is 0 Å². The Morgan fingerprint density at radius 1 is 0.296 bits per heavy atom. The van der Waals surface area contributed by atoms with Crippen LogP contribution in [-0.2, 0) is 18.9 Å². The summed E-state index contributed by atoms with van der Waals surface area (Å²) in [5.74, 6) is 0. The Hall–Kier alpha value is -1.76. The van der Waals surface area contributed by atoms with Crippen LogP contribution in [0, 0.1) is 0 Å². The Bertz CT molecular complexity index is 1170. The van der Waals surface area contributed by atoms with Crippen LogP contribution in [-0.4, -0.2) is 77.4 Å². The highest BCUT2D eigenvalue weighted by Gasteiger charge is 2.15. The van der Waals surface area contributed by atoms with Crippen molar-refractivity contribution < 1.29 is 18.9 Å². The van der Waals surface area contributed by atoms with Crippen LogP contribution in [0.3, 0.4) is 0 Å². The topological polar surface area (TPSA) is 40.2 Å². The van der Waals surface area contributed by atoms with Crippen molar-refractivity contribution in [1.82, 2.24) is 4.90 Å². The van der Waals surface area contributed by atoms with Gasteiger partial charge in [-0.05, 0) is 149 Å². The molecule has 2 atom stereocenters. The van der Waals surface area contributed by atoms with Crippen LogP contribution in [0.1, 0.15) is 278 Å². The van der Waals surface area contributed by atoms with Crippen molar-refractivity contribution in [3.8, 4) is 0 Å². The summed E-state index contributed by atoms with van der Waals surface area (Å²) < 4.78 is 25.6. The number of unbranched alkanes of at least 4 members (excludes halogenated alkanes) is 29. The van der Waals surface area contributed by atoms with E-state index in [0.29, 0.717) is 19.8 Å². The molecule has 0 aromatic heterocycles. The van der Waals surface area contributed by atoms with Gasteiger partial charge in [0.05, 0.1) is 25.9 Å². The Balaban J connectivity index is 4.58. The van der Waals surface area contributed by atoms with Gasteiger partial charge < -0.3 is 23.8 Å². The highest BCUT2D eigenvalue weighted by molar-refractivity contribution is 4.94. The number of allylic oxidation sites excluding steroid dienone is 12. The van der Waals surface area contributed by atoms with Crippen LogP contribution in [0.25, 0.3) is 0 Å². The summed E-state index contributed by atoms with van der Waals surface area (Å²) in [5, 5.41) is 0. The van der Waals surface area contributed by atoms with Gasteiger partial charge in [0.2, 0.25) is 0 Å². The van der Waals surface area contributed by atoms with Gasteiger partial charge in [0.1, 0.15) is 6.10 Å². The molecule has 416 valence electrons. The molecule has 0 heterocycles. The van der Waals surface area contributed by atoms with Crippen LogP contribution < -0.4 is 0 Å². The summed E-state index contributed by atoms with van der Waals surface area (Å²) in [7, 11) is 4.32. The van der Waals surface area contributed by atoms with Crippen LogP contribution in [0.5, 0.6) is 0 Å². The third-order valence-corrected chi connectivity index (χ3v) is 13.4. The first-order chi connectivity index (χ1) is 35.1. The van der Waals surface area contributed by atoms with Crippen LogP contribution >= 0.6 is 0 Å². The minimum absolute atomic E-state index is 0.0244. The molecule has 0 aliphatic heterocycles. The minimum Gasteiger partial charge on any atom is -0.379 e. The molecule has 71 heavy (non-hydrogen) atoms. The van der Waals surface area contributed by atoms with Gasteiger partial charge in [-0.3, -0.25) is 0 Å². The van der Waals surface area contributed by atoms with E-state index in [2.05, 4.69) is 113 Å². The molecule has 0 bridgehead atoms. The SMILES string of the molecule is CCCCC/C=C\C/C=C\CCCCCCCCOC(CCCN(C)C)COCC(COCCCCCCCCC/C=C\C/C=C\CCCCCC)OCCCCCCCC/C=C\C/C=C\CCCCC. The fourth-order valence-corrected chi connectivity index (χ4v) is 8.77. The van der Waals surface area contributed by atoms with E-state index in [-0.39, 0.29) is 12.2 Å². The van der Waals surface area contributed by atoms with Gasteiger partial charge in [0.25, 0.3) is 0 Å². The van der Waals surface area contributed by atoms with E-state index in [9.17, 15) is 0 Å². The van der Waals surface area contributed by atoms with Crippen molar-refractivity contribution in [2.24, 2.45) is 0 Å². The molecule has 0 saturated heterocycles. The molecule has 0 radical (unpaired) electrons. The third-order valence-electron chi connectivity index (χ3n) is 13.4. The molecule has 0 N–H and O–H groups in total. The number of nitrogens with zero attached hydrogens (tertiary/aromatic N) is 1. The summed E-state index contributed by atoms with van der Waals surface area (Å²) >= 11 is 0. The van der Waals surface area contributed by atoms with Crippen molar-refractivity contribution in [3.63, 3.8) is 0 Å². The molecular formula is C66H123NO4. The lowest BCUT2D eigenvalue weighted by molar-refractivity contribution is -0.0834. The standard InChI is InChI=1S/C66H123NO4/c1-6-9-12-15-18-21-24-27-30-33-34-35-38-41-44-47-50-53-59-68-63-66(71-61-55-52-49-46-43-40-37-32-29-26-23-20-17-14-11-8-3)64-69-62-65(57-56-58-67(4)5)70-60-54-51-48-45-42-39-36-31-28-25-22-19-16-13-10-7-2/h19-24,28-33,65-66H,6-18,25-27,34-64H2,1-5H3/b22-19-,23-20-,24-21-,31-28-,32-29-,33-30-. The minimum atomic E-state index is -0.0244. The largest absolute Gasteiger partial charge is 0.379 e. The van der Waals surface area contributed by atoms with E-state index in [1.807, 2.05) is 0 Å². The van der Waals surface area contributed by atoms with Gasteiger partial charge in [-0.15, -0.1) is 0 Å². The van der Waals surface area contributed by atoms with E-state index in [1.54, 1.807) is 0 Å². The van der Waals surface area contributed by atoms with E-state index in [4.69, 9.17) is 18.9 Å². The van der Waals surface area contributed by atoms with Gasteiger partial charge in [0, 0.05) is 19.8 Å². The van der Waals surface area contributed by atoms with Crippen molar-refractivity contribution in [1.29, 1.82) is 0 Å². The molecule has 0 fully saturated rings. The quantitative estimate of drug-likeness (QED) is 0.0449. The van der Waals surface area contributed by atoms with E-state index in [0.717, 1.165) is 77.7 Å². The summed E-state index contributed by atoms with van der Waals surface area (Å²) in [6.07, 6.45) is 78.8. The fraction of sp³-hybridized carbons (Fsp3) is 0.818. The predicted octanol–water partition coefficient (Wildman–Crippen LogP) is 20.4. The average Bonchev–Trinajstić information content (AvgIpc) is 3.37. The molecule has 5 heteroatoms. The summed E-state index contributed by atoms with van der Waals surface area (Å²) in [6.45, 7) is 12.1. The summed E-state index contributed by atoms with van der Waals surface area (Å²) in [5.41, 5.74) is 0. The Morgan fingerprint density at radius 3 is 0.986 bits per heavy atom. The zero-order chi connectivity index (χ0) is 51.3. The number of hydrogen-bond donors (Lipinski definition) is 0. The molecule has 2 unspecified atom stereocenters. The van der Waals surface area contributed by atoms with E-state index in [1.165, 1.54) is 205 Å². The lowest BCUT2D eigenvalue weighted by Gasteiger charge is -2.22. The zero-order valence-electron chi connectivity index (χ0n) is 48.4. The number of ether oxygens (including phenoxy) is 4. The van der Waals surface area contributed by atoms with Crippen molar-refractivity contribution in [2.75, 3.05) is 60.3 Å². The predicted molar refractivity (Wildman–Crippen MR) is 316 cm³/mol. The van der Waals surface area contributed by atoms with E-state index < -0.39 is 0 Å². The Morgan fingerprint density at radius 2 is 0.592 bits per heavy atom. The second kappa shape index (κ2) is 62.5. The first-order valence-corrected chi connectivity index (χ1v) is 31.1. The van der Waals surface area contributed by atoms with Crippen molar-refractivity contribution in [3.05, 3.63) is 72.9 Å². The van der Waals surface area contributed by atoms with Crippen LogP contribution in [0.15, 0.2) is 72.9 Å². The Labute approximate surface area is 445 Å². The maximum Gasteiger partial charge on any atom is 0.104 e. The molecule has 0 rings (SSSR count). The van der Waals surface area contributed by atoms with Gasteiger partial charge in [-0.2, -0.15) is 0 Å². The monoisotopic (exact) mass is 994 g/mol. The molecule has 0 amide bonds. The van der Waals surface area contributed by atoms with Gasteiger partial charge in [-0.1, -0.05) is 222 Å². The molecule has 0 aliphatic carbocycles. The number of hydrogen-bond acceptors (Lipinski definition) is 5. The van der Waals surface area contributed by atoms with Crippen molar-refractivity contribution in [2.45, 2.75) is 290 Å². The van der Waals surface area contributed by atoms with Gasteiger partial charge >= 0.3 is 0 Å². The normalized spacial score (nSPS) is 13.4.